The van der Waals surface area contributed by atoms with Gasteiger partial charge in [0.05, 0.1) is 26.2 Å². The molecule has 0 aliphatic carbocycles. The van der Waals surface area contributed by atoms with E-state index in [9.17, 15) is 19.2 Å². The zero-order chi connectivity index (χ0) is 14.9. The lowest BCUT2D eigenvalue weighted by Gasteiger charge is -2.40. The molecular formula is C12H18N4O4. The van der Waals surface area contributed by atoms with E-state index in [2.05, 4.69) is 10.6 Å². The molecule has 0 aromatic rings. The number of nitrogens with one attached hydrogen (secondary N) is 2. The molecule has 0 saturated carbocycles. The number of amides is 4. The fraction of sp³-hybridized carbons (Fsp3) is 0.667. The van der Waals surface area contributed by atoms with E-state index in [1.54, 1.807) is 9.80 Å². The molecule has 8 nitrogen and oxygen atoms in total. The van der Waals surface area contributed by atoms with E-state index in [1.807, 2.05) is 13.8 Å². The summed E-state index contributed by atoms with van der Waals surface area (Å²) in [6.45, 7) is 4.34. The van der Waals surface area contributed by atoms with Gasteiger partial charge in [0.1, 0.15) is 0 Å². The molecule has 2 heterocycles. The summed E-state index contributed by atoms with van der Waals surface area (Å²) in [6.07, 6.45) is 0. The fourth-order valence-electron chi connectivity index (χ4n) is 2.50. The third-order valence-corrected chi connectivity index (χ3v) is 3.79. The molecule has 0 spiro atoms. The van der Waals surface area contributed by atoms with E-state index < -0.39 is 0 Å². The van der Waals surface area contributed by atoms with Crippen molar-refractivity contribution in [3.63, 3.8) is 0 Å². The predicted octanol–water partition coefficient (Wildman–Crippen LogP) is -2.32. The summed E-state index contributed by atoms with van der Waals surface area (Å²) in [7, 11) is 0. The van der Waals surface area contributed by atoms with E-state index in [0.717, 1.165) is 0 Å². The number of imide groups is 2. The van der Waals surface area contributed by atoms with Gasteiger partial charge in [-0.1, -0.05) is 0 Å². The van der Waals surface area contributed by atoms with Gasteiger partial charge in [-0.15, -0.1) is 0 Å². The number of piperazine rings is 2. The Morgan fingerprint density at radius 1 is 0.700 bits per heavy atom. The maximum Gasteiger partial charge on any atom is 0.240 e. The first-order valence-corrected chi connectivity index (χ1v) is 6.50. The monoisotopic (exact) mass is 282 g/mol. The SMILES string of the molecule is C[C@@H]([C@H](C)N1CC(=O)NC(=O)C1)N1CC(=O)NC(=O)C1. The molecular weight excluding hydrogens is 264 g/mol. The molecule has 0 aromatic carbocycles. The van der Waals surface area contributed by atoms with Gasteiger partial charge in [-0.25, -0.2) is 0 Å². The molecule has 0 bridgehead atoms. The quantitative estimate of drug-likeness (QED) is 0.564. The van der Waals surface area contributed by atoms with Crippen molar-refractivity contribution in [3.8, 4) is 0 Å². The minimum Gasteiger partial charge on any atom is -0.294 e. The summed E-state index contributed by atoms with van der Waals surface area (Å²) in [5.74, 6) is -1.30. The van der Waals surface area contributed by atoms with Crippen LogP contribution in [0.15, 0.2) is 0 Å². The molecule has 2 N–H and O–H groups in total. The summed E-state index contributed by atoms with van der Waals surface area (Å²) in [5.41, 5.74) is 0. The zero-order valence-corrected chi connectivity index (χ0v) is 11.5. The number of carbonyl (C=O) groups excluding carboxylic acids is 4. The second kappa shape index (κ2) is 5.68. The van der Waals surface area contributed by atoms with Crippen LogP contribution in [-0.4, -0.2) is 71.7 Å². The van der Waals surface area contributed by atoms with Crippen molar-refractivity contribution >= 4 is 23.6 Å². The lowest BCUT2D eigenvalue weighted by Crippen LogP contribution is -2.61. The third-order valence-electron chi connectivity index (χ3n) is 3.79. The summed E-state index contributed by atoms with van der Waals surface area (Å²) < 4.78 is 0. The van der Waals surface area contributed by atoms with E-state index >= 15 is 0 Å². The molecule has 2 saturated heterocycles. The average molecular weight is 282 g/mol. The first-order valence-electron chi connectivity index (χ1n) is 6.50. The van der Waals surface area contributed by atoms with Gasteiger partial charge in [-0.2, -0.15) is 0 Å². The Morgan fingerprint density at radius 3 is 1.20 bits per heavy atom. The maximum absolute atomic E-state index is 11.4. The van der Waals surface area contributed by atoms with Gasteiger partial charge in [0, 0.05) is 12.1 Å². The van der Waals surface area contributed by atoms with Crippen LogP contribution in [0.3, 0.4) is 0 Å². The van der Waals surface area contributed by atoms with Gasteiger partial charge >= 0.3 is 0 Å². The lowest BCUT2D eigenvalue weighted by atomic mass is 10.1. The van der Waals surface area contributed by atoms with Crippen molar-refractivity contribution in [2.45, 2.75) is 25.9 Å². The molecule has 4 amide bonds. The Hall–Kier alpha value is -1.80. The molecule has 110 valence electrons. The van der Waals surface area contributed by atoms with E-state index in [1.165, 1.54) is 0 Å². The van der Waals surface area contributed by atoms with Gasteiger partial charge in [0.15, 0.2) is 0 Å². The van der Waals surface area contributed by atoms with Crippen LogP contribution in [-0.2, 0) is 19.2 Å². The molecule has 0 aromatic heterocycles. The van der Waals surface area contributed by atoms with Gasteiger partial charge in [-0.3, -0.25) is 39.6 Å². The number of rotatable bonds is 3. The highest BCUT2D eigenvalue weighted by atomic mass is 16.2. The number of hydrogen-bond donors (Lipinski definition) is 2. The lowest BCUT2D eigenvalue weighted by molar-refractivity contribution is -0.141. The van der Waals surface area contributed by atoms with Crippen LogP contribution < -0.4 is 10.6 Å². The standard InChI is InChI=1S/C12H18N4O4/c1-7(15-3-9(17)13-10(18)4-15)8(2)16-5-11(19)14-12(20)6-16/h7-8H,3-6H2,1-2H3,(H,13,17,18)(H,14,19,20)/t7-,8-/m0/s1. The van der Waals surface area contributed by atoms with Crippen molar-refractivity contribution in [2.75, 3.05) is 26.2 Å². The summed E-state index contributed by atoms with van der Waals surface area (Å²) in [5, 5.41) is 4.49. The van der Waals surface area contributed by atoms with Crippen LogP contribution in [0.2, 0.25) is 0 Å². The second-order valence-corrected chi connectivity index (χ2v) is 5.23. The Bertz CT molecular complexity index is 390. The van der Waals surface area contributed by atoms with E-state index in [4.69, 9.17) is 0 Å². The molecule has 0 radical (unpaired) electrons. The van der Waals surface area contributed by atoms with E-state index in [0.29, 0.717) is 0 Å². The molecule has 2 aliphatic rings. The van der Waals surface area contributed by atoms with Crippen molar-refractivity contribution < 1.29 is 19.2 Å². The van der Waals surface area contributed by atoms with Crippen LogP contribution in [0.4, 0.5) is 0 Å². The first-order chi connectivity index (χ1) is 9.36. The molecule has 8 heteroatoms. The van der Waals surface area contributed by atoms with Crippen molar-refractivity contribution in [2.24, 2.45) is 0 Å². The van der Waals surface area contributed by atoms with Crippen molar-refractivity contribution in [1.82, 2.24) is 20.4 Å². The molecule has 20 heavy (non-hydrogen) atoms. The summed E-state index contributed by atoms with van der Waals surface area (Å²) >= 11 is 0. The highest BCUT2D eigenvalue weighted by molar-refractivity contribution is 6.00. The zero-order valence-electron chi connectivity index (χ0n) is 11.5. The Morgan fingerprint density at radius 2 is 0.950 bits per heavy atom. The third kappa shape index (κ3) is 3.20. The van der Waals surface area contributed by atoms with E-state index in [-0.39, 0.29) is 61.9 Å². The Kier molecular flexibility index (Phi) is 4.15. The molecule has 2 atom stereocenters. The Balaban J connectivity index is 2.02. The average Bonchev–Trinajstić information content (AvgIpc) is 2.34. The minimum absolute atomic E-state index is 0.122. The van der Waals surface area contributed by atoms with Crippen molar-refractivity contribution in [3.05, 3.63) is 0 Å². The molecule has 2 fully saturated rings. The highest BCUT2D eigenvalue weighted by Crippen LogP contribution is 2.13. The van der Waals surface area contributed by atoms with Crippen LogP contribution in [0.25, 0.3) is 0 Å². The number of nitrogens with zero attached hydrogens (tertiary/aromatic N) is 2. The van der Waals surface area contributed by atoms with Crippen LogP contribution in [0, 0.1) is 0 Å². The normalized spacial score (nSPS) is 25.1. The topological polar surface area (TPSA) is 98.8 Å². The number of carbonyl (C=O) groups is 4. The number of hydrogen-bond acceptors (Lipinski definition) is 6. The predicted molar refractivity (Wildman–Crippen MR) is 68.4 cm³/mol. The van der Waals surface area contributed by atoms with Crippen molar-refractivity contribution in [1.29, 1.82) is 0 Å². The second-order valence-electron chi connectivity index (χ2n) is 5.23. The summed E-state index contributed by atoms with van der Waals surface area (Å²) in [4.78, 5) is 49.0. The highest BCUT2D eigenvalue weighted by Gasteiger charge is 2.34. The smallest absolute Gasteiger partial charge is 0.240 e. The summed E-state index contributed by atoms with van der Waals surface area (Å²) in [6, 6.07) is -0.243. The fourth-order valence-corrected chi connectivity index (χ4v) is 2.50. The van der Waals surface area contributed by atoms with Crippen LogP contribution in [0.1, 0.15) is 13.8 Å². The minimum atomic E-state index is -0.326. The molecule has 2 rings (SSSR count). The van der Waals surface area contributed by atoms with Gasteiger partial charge < -0.3 is 0 Å². The largest absolute Gasteiger partial charge is 0.294 e. The van der Waals surface area contributed by atoms with Crippen LogP contribution in [0.5, 0.6) is 0 Å². The Labute approximate surface area is 116 Å². The van der Waals surface area contributed by atoms with Gasteiger partial charge in [0.25, 0.3) is 0 Å². The first kappa shape index (κ1) is 14.6. The van der Waals surface area contributed by atoms with Gasteiger partial charge in [-0.05, 0) is 13.8 Å². The molecule has 0 unspecified atom stereocenters. The van der Waals surface area contributed by atoms with Crippen LogP contribution >= 0.6 is 0 Å². The molecule has 2 aliphatic heterocycles. The van der Waals surface area contributed by atoms with Gasteiger partial charge in [0.2, 0.25) is 23.6 Å². The maximum atomic E-state index is 11.4.